The van der Waals surface area contributed by atoms with Crippen molar-refractivity contribution < 1.29 is 18.8 Å². The van der Waals surface area contributed by atoms with Crippen LogP contribution in [0.25, 0.3) is 0 Å². The average Bonchev–Trinajstić information content (AvgIpc) is 3.05. The van der Waals surface area contributed by atoms with Gasteiger partial charge in [-0.2, -0.15) is 0 Å². The maximum Gasteiger partial charge on any atom is 0.273 e. The predicted molar refractivity (Wildman–Crippen MR) is 82.2 cm³/mol. The van der Waals surface area contributed by atoms with E-state index in [1.807, 2.05) is 0 Å². The fourth-order valence-electron chi connectivity index (χ4n) is 2.72. The van der Waals surface area contributed by atoms with Gasteiger partial charge in [0, 0.05) is 45.3 Å². The molecule has 1 N–H and O–H groups in total. The van der Waals surface area contributed by atoms with Crippen molar-refractivity contribution in [3.8, 4) is 0 Å². The maximum atomic E-state index is 12.1. The number of ether oxygens (including phenoxy) is 2. The fraction of sp³-hybridized carbons (Fsp3) is 0.733. The highest BCUT2D eigenvalue weighted by atomic mass is 16.5. The lowest BCUT2D eigenvalue weighted by Gasteiger charge is -2.26. The van der Waals surface area contributed by atoms with Gasteiger partial charge in [-0.25, -0.2) is 0 Å². The van der Waals surface area contributed by atoms with E-state index in [-0.39, 0.29) is 5.91 Å². The number of nitrogens with one attached hydrogen (secondary N) is 1. The van der Waals surface area contributed by atoms with Gasteiger partial charge >= 0.3 is 0 Å². The molecule has 0 atom stereocenters. The average molecular weight is 324 g/mol. The zero-order chi connectivity index (χ0) is 15.9. The Kier molecular flexibility index (Phi) is 5.98. The van der Waals surface area contributed by atoms with E-state index in [0.717, 1.165) is 59.2 Å². The minimum atomic E-state index is -0.185. The van der Waals surface area contributed by atoms with Crippen LogP contribution in [0.1, 0.15) is 16.2 Å². The normalized spacial score (nSPS) is 20.5. The highest BCUT2D eigenvalue weighted by Gasteiger charge is 2.17. The minimum Gasteiger partial charge on any atom is -0.379 e. The first-order chi connectivity index (χ1) is 11.3. The molecule has 0 saturated carbocycles. The molecule has 0 aliphatic carbocycles. The second-order valence-electron chi connectivity index (χ2n) is 5.78. The van der Waals surface area contributed by atoms with Gasteiger partial charge in [-0.1, -0.05) is 5.16 Å². The number of hydrogen-bond donors (Lipinski definition) is 1. The smallest absolute Gasteiger partial charge is 0.273 e. The Morgan fingerprint density at radius 1 is 1.09 bits per heavy atom. The molecule has 23 heavy (non-hydrogen) atoms. The molecule has 0 aromatic carbocycles. The van der Waals surface area contributed by atoms with Crippen LogP contribution in [0.4, 0.5) is 0 Å². The molecule has 2 saturated heterocycles. The lowest BCUT2D eigenvalue weighted by molar-refractivity contribution is 0.0305. The first-order valence-corrected chi connectivity index (χ1v) is 8.15. The van der Waals surface area contributed by atoms with Gasteiger partial charge in [0.2, 0.25) is 0 Å². The molecule has 8 heteroatoms. The second kappa shape index (κ2) is 8.39. The zero-order valence-corrected chi connectivity index (χ0v) is 13.3. The van der Waals surface area contributed by atoms with E-state index in [9.17, 15) is 4.79 Å². The first-order valence-electron chi connectivity index (χ1n) is 8.15. The van der Waals surface area contributed by atoms with Crippen LogP contribution >= 0.6 is 0 Å². The summed E-state index contributed by atoms with van der Waals surface area (Å²) < 4.78 is 15.9. The van der Waals surface area contributed by atoms with Crippen LogP contribution in [0, 0.1) is 0 Å². The Morgan fingerprint density at radius 2 is 1.74 bits per heavy atom. The lowest BCUT2D eigenvalue weighted by atomic mass is 10.3. The minimum absolute atomic E-state index is 0.185. The van der Waals surface area contributed by atoms with Gasteiger partial charge in [-0.05, 0) is 0 Å². The van der Waals surface area contributed by atoms with Crippen molar-refractivity contribution >= 4 is 5.91 Å². The molecule has 3 heterocycles. The number of hydrogen-bond acceptors (Lipinski definition) is 7. The summed E-state index contributed by atoms with van der Waals surface area (Å²) in [7, 11) is 0. The fourth-order valence-corrected chi connectivity index (χ4v) is 2.72. The molecule has 1 aromatic heterocycles. The number of aromatic nitrogens is 1. The van der Waals surface area contributed by atoms with Crippen LogP contribution in [-0.4, -0.2) is 86.6 Å². The van der Waals surface area contributed by atoms with Crippen molar-refractivity contribution in [2.45, 2.75) is 6.54 Å². The van der Waals surface area contributed by atoms with Crippen molar-refractivity contribution in [1.82, 2.24) is 20.3 Å². The quantitative estimate of drug-likeness (QED) is 0.760. The van der Waals surface area contributed by atoms with Gasteiger partial charge in [0.1, 0.15) is 0 Å². The van der Waals surface area contributed by atoms with Crippen molar-refractivity contribution in [3.05, 3.63) is 17.5 Å². The summed E-state index contributed by atoms with van der Waals surface area (Å²) in [5.74, 6) is 0.528. The van der Waals surface area contributed by atoms with Crippen molar-refractivity contribution in [3.63, 3.8) is 0 Å². The molecule has 2 fully saturated rings. The van der Waals surface area contributed by atoms with Gasteiger partial charge in [0.25, 0.3) is 5.91 Å². The highest BCUT2D eigenvalue weighted by molar-refractivity contribution is 5.92. The van der Waals surface area contributed by atoms with Crippen molar-refractivity contribution in [1.29, 1.82) is 0 Å². The summed E-state index contributed by atoms with van der Waals surface area (Å²) in [4.78, 5) is 16.6. The molecule has 8 nitrogen and oxygen atoms in total. The molecule has 2 aliphatic heterocycles. The lowest BCUT2D eigenvalue weighted by Crippen LogP contribution is -2.41. The van der Waals surface area contributed by atoms with Crippen molar-refractivity contribution in [2.24, 2.45) is 0 Å². The molecular weight excluding hydrogens is 300 g/mol. The number of carbonyl (C=O) groups is 1. The molecule has 128 valence electrons. The van der Waals surface area contributed by atoms with Crippen LogP contribution < -0.4 is 5.32 Å². The molecule has 2 aliphatic rings. The molecular formula is C15H24N4O4. The number of nitrogens with zero attached hydrogens (tertiary/aromatic N) is 3. The van der Waals surface area contributed by atoms with E-state index in [4.69, 9.17) is 14.0 Å². The SMILES string of the molecule is O=C(NCCN1CCOCC1)c1cc(CN2CCOCC2)on1. The highest BCUT2D eigenvalue weighted by Crippen LogP contribution is 2.09. The molecule has 1 amide bonds. The van der Waals surface area contributed by atoms with E-state index in [1.165, 1.54) is 0 Å². The summed E-state index contributed by atoms with van der Waals surface area (Å²) in [6.45, 7) is 8.70. The number of rotatable bonds is 6. The summed E-state index contributed by atoms with van der Waals surface area (Å²) in [6, 6.07) is 1.72. The van der Waals surface area contributed by atoms with Gasteiger partial charge in [-0.15, -0.1) is 0 Å². The maximum absolute atomic E-state index is 12.1. The third-order valence-corrected chi connectivity index (χ3v) is 4.09. The van der Waals surface area contributed by atoms with E-state index >= 15 is 0 Å². The van der Waals surface area contributed by atoms with Crippen LogP contribution in [0.5, 0.6) is 0 Å². The molecule has 0 spiro atoms. The van der Waals surface area contributed by atoms with Gasteiger partial charge < -0.3 is 19.3 Å². The summed E-state index contributed by atoms with van der Waals surface area (Å²) in [5.41, 5.74) is 0.343. The summed E-state index contributed by atoms with van der Waals surface area (Å²) in [5, 5.41) is 6.75. The third-order valence-electron chi connectivity index (χ3n) is 4.09. The third kappa shape index (κ3) is 5.00. The Labute approximate surface area is 135 Å². The van der Waals surface area contributed by atoms with Gasteiger partial charge in [-0.3, -0.25) is 14.6 Å². The largest absolute Gasteiger partial charge is 0.379 e. The van der Waals surface area contributed by atoms with Crippen LogP contribution in [-0.2, 0) is 16.0 Å². The van der Waals surface area contributed by atoms with Crippen LogP contribution in [0.2, 0.25) is 0 Å². The monoisotopic (exact) mass is 324 g/mol. The van der Waals surface area contributed by atoms with E-state index < -0.39 is 0 Å². The Balaban J connectivity index is 1.40. The number of morpholine rings is 2. The van der Waals surface area contributed by atoms with Gasteiger partial charge in [0.15, 0.2) is 11.5 Å². The predicted octanol–water partition coefficient (Wildman–Crippen LogP) is -0.431. The molecule has 3 rings (SSSR count). The first kappa shape index (κ1) is 16.4. The van der Waals surface area contributed by atoms with E-state index in [1.54, 1.807) is 6.07 Å². The second-order valence-corrected chi connectivity index (χ2v) is 5.78. The standard InChI is InChI=1S/C15H24N4O4/c20-15(16-1-2-18-3-7-21-8-4-18)14-11-13(23-17-14)12-19-5-9-22-10-6-19/h11H,1-10,12H2,(H,16,20). The van der Waals surface area contributed by atoms with Crippen LogP contribution in [0.3, 0.4) is 0 Å². The molecule has 0 bridgehead atoms. The zero-order valence-electron chi connectivity index (χ0n) is 13.3. The Morgan fingerprint density at radius 3 is 2.43 bits per heavy atom. The van der Waals surface area contributed by atoms with Gasteiger partial charge in [0.05, 0.1) is 33.0 Å². The Hall–Kier alpha value is -1.48. The Bertz CT molecular complexity index is 495. The number of carbonyl (C=O) groups excluding carboxylic acids is 1. The molecule has 1 aromatic rings. The summed E-state index contributed by atoms with van der Waals surface area (Å²) >= 11 is 0. The van der Waals surface area contributed by atoms with E-state index in [2.05, 4.69) is 20.3 Å². The molecule has 0 radical (unpaired) electrons. The molecule has 0 unspecified atom stereocenters. The topological polar surface area (TPSA) is 80.1 Å². The van der Waals surface area contributed by atoms with E-state index in [0.29, 0.717) is 24.5 Å². The van der Waals surface area contributed by atoms with Crippen LogP contribution in [0.15, 0.2) is 10.6 Å². The number of amides is 1. The van der Waals surface area contributed by atoms with Crippen molar-refractivity contribution in [2.75, 3.05) is 65.7 Å². The summed E-state index contributed by atoms with van der Waals surface area (Å²) in [6.07, 6.45) is 0.